The summed E-state index contributed by atoms with van der Waals surface area (Å²) >= 11 is 3.53. The molecule has 0 amide bonds. The van der Waals surface area contributed by atoms with E-state index in [4.69, 9.17) is 0 Å². The average molecular weight is 259 g/mol. The molecular weight excluding hydrogens is 248 g/mol. The molecule has 2 aromatic rings. The van der Waals surface area contributed by atoms with Gasteiger partial charge in [-0.3, -0.25) is 0 Å². The largest absolute Gasteiger partial charge is 0.0905 e. The van der Waals surface area contributed by atoms with Gasteiger partial charge in [0.1, 0.15) is 0 Å². The fourth-order valence-corrected chi connectivity index (χ4v) is 2.02. The van der Waals surface area contributed by atoms with Crippen LogP contribution in [0.15, 0.2) is 65.6 Å². The predicted molar refractivity (Wildman–Crippen MR) is 68.7 cm³/mol. The Bertz CT molecular complexity index is 472. The molecule has 2 aromatic carbocycles. The van der Waals surface area contributed by atoms with Gasteiger partial charge in [0.2, 0.25) is 0 Å². The van der Waals surface area contributed by atoms with E-state index >= 15 is 0 Å². The van der Waals surface area contributed by atoms with Crippen molar-refractivity contribution in [1.29, 1.82) is 0 Å². The lowest BCUT2D eigenvalue weighted by Crippen LogP contribution is -1.86. The third-order valence-electron chi connectivity index (χ3n) is 2.32. The summed E-state index contributed by atoms with van der Waals surface area (Å²) in [5, 5.41) is 0. The van der Waals surface area contributed by atoms with Gasteiger partial charge in [-0.1, -0.05) is 71.0 Å². The Kier molecular flexibility index (Phi) is 3.02. The van der Waals surface area contributed by atoms with Gasteiger partial charge in [-0.05, 0) is 22.8 Å². The normalized spacial score (nSPS) is 9.93. The number of halogens is 1. The second kappa shape index (κ2) is 4.45. The first kappa shape index (κ1) is 10.2. The van der Waals surface area contributed by atoms with Crippen molar-refractivity contribution in [2.45, 2.75) is 0 Å². The Labute approximate surface area is 98.4 Å². The van der Waals surface area contributed by atoms with Gasteiger partial charge in [0, 0.05) is 4.47 Å². The zero-order valence-electron chi connectivity index (χ0n) is 8.28. The third kappa shape index (κ3) is 2.18. The molecule has 0 aliphatic heterocycles. The molecule has 74 valence electrons. The molecule has 1 heteroatoms. The molecule has 0 saturated heterocycles. The quantitative estimate of drug-likeness (QED) is 0.744. The Morgan fingerprint density at radius 3 is 2.13 bits per heavy atom. The minimum absolute atomic E-state index is 1.04. The summed E-state index contributed by atoms with van der Waals surface area (Å²) in [7, 11) is 0. The van der Waals surface area contributed by atoms with E-state index in [1.165, 1.54) is 0 Å². The first-order valence-corrected chi connectivity index (χ1v) is 5.57. The number of hydrogen-bond donors (Lipinski definition) is 0. The van der Waals surface area contributed by atoms with Crippen molar-refractivity contribution in [3.63, 3.8) is 0 Å². The monoisotopic (exact) mass is 258 g/mol. The molecule has 0 spiro atoms. The minimum Gasteiger partial charge on any atom is -0.0905 e. The Balaban J connectivity index is 2.42. The van der Waals surface area contributed by atoms with E-state index in [-0.39, 0.29) is 0 Å². The van der Waals surface area contributed by atoms with Gasteiger partial charge in [-0.25, -0.2) is 0 Å². The van der Waals surface area contributed by atoms with Crippen LogP contribution in [0.25, 0.3) is 5.57 Å². The summed E-state index contributed by atoms with van der Waals surface area (Å²) in [5.74, 6) is 0. The van der Waals surface area contributed by atoms with Crippen LogP contribution in [0.4, 0.5) is 0 Å². The summed E-state index contributed by atoms with van der Waals surface area (Å²) < 4.78 is 1.08. The Morgan fingerprint density at radius 2 is 1.47 bits per heavy atom. The highest BCUT2D eigenvalue weighted by Crippen LogP contribution is 2.27. The Morgan fingerprint density at radius 1 is 0.867 bits per heavy atom. The van der Waals surface area contributed by atoms with Crippen LogP contribution in [-0.2, 0) is 0 Å². The summed E-state index contributed by atoms with van der Waals surface area (Å²) in [5.41, 5.74) is 3.34. The van der Waals surface area contributed by atoms with Crippen LogP contribution in [0.3, 0.4) is 0 Å². The molecule has 0 aliphatic rings. The number of hydrogen-bond acceptors (Lipinski definition) is 0. The summed E-state index contributed by atoms with van der Waals surface area (Å²) in [6.07, 6.45) is 0. The van der Waals surface area contributed by atoms with Crippen molar-refractivity contribution >= 4 is 21.5 Å². The fourth-order valence-electron chi connectivity index (χ4n) is 1.50. The molecule has 2 rings (SSSR count). The highest BCUT2D eigenvalue weighted by molar-refractivity contribution is 9.10. The van der Waals surface area contributed by atoms with Gasteiger partial charge < -0.3 is 0 Å². The molecular formula is C14H11Br. The minimum atomic E-state index is 1.04. The molecule has 0 aliphatic carbocycles. The SMILES string of the molecule is C=C(c1ccccc1)c1ccccc1Br. The van der Waals surface area contributed by atoms with E-state index in [0.29, 0.717) is 0 Å². The molecule has 0 saturated carbocycles. The summed E-state index contributed by atoms with van der Waals surface area (Å²) in [6.45, 7) is 4.13. The van der Waals surface area contributed by atoms with Gasteiger partial charge in [-0.2, -0.15) is 0 Å². The maximum Gasteiger partial charge on any atom is 0.0253 e. The molecule has 15 heavy (non-hydrogen) atoms. The van der Waals surface area contributed by atoms with E-state index in [1.807, 2.05) is 36.4 Å². The average Bonchev–Trinajstić information content (AvgIpc) is 2.30. The van der Waals surface area contributed by atoms with Crippen LogP contribution in [0, 0.1) is 0 Å². The molecule has 0 unspecified atom stereocenters. The molecule has 0 bridgehead atoms. The second-order valence-electron chi connectivity index (χ2n) is 3.32. The molecule has 0 atom stereocenters. The van der Waals surface area contributed by atoms with Crippen molar-refractivity contribution in [1.82, 2.24) is 0 Å². The van der Waals surface area contributed by atoms with E-state index in [1.54, 1.807) is 0 Å². The van der Waals surface area contributed by atoms with E-state index in [9.17, 15) is 0 Å². The van der Waals surface area contributed by atoms with Gasteiger partial charge >= 0.3 is 0 Å². The highest BCUT2D eigenvalue weighted by Gasteiger charge is 2.04. The van der Waals surface area contributed by atoms with Crippen LogP contribution < -0.4 is 0 Å². The van der Waals surface area contributed by atoms with Crippen molar-refractivity contribution in [3.8, 4) is 0 Å². The molecule has 0 aromatic heterocycles. The van der Waals surface area contributed by atoms with Crippen LogP contribution in [0.2, 0.25) is 0 Å². The summed E-state index contributed by atoms with van der Waals surface area (Å²) in [4.78, 5) is 0. The maximum absolute atomic E-state index is 4.13. The van der Waals surface area contributed by atoms with Gasteiger partial charge in [0.15, 0.2) is 0 Å². The number of rotatable bonds is 2. The lowest BCUT2D eigenvalue weighted by molar-refractivity contribution is 1.53. The molecule has 0 radical (unpaired) electrons. The van der Waals surface area contributed by atoms with Gasteiger partial charge in [0.25, 0.3) is 0 Å². The van der Waals surface area contributed by atoms with E-state index in [0.717, 1.165) is 21.2 Å². The predicted octanol–water partition coefficient (Wildman–Crippen LogP) is 4.51. The topological polar surface area (TPSA) is 0 Å². The summed E-state index contributed by atoms with van der Waals surface area (Å²) in [6, 6.07) is 18.3. The highest BCUT2D eigenvalue weighted by atomic mass is 79.9. The van der Waals surface area contributed by atoms with Crippen molar-refractivity contribution in [2.75, 3.05) is 0 Å². The van der Waals surface area contributed by atoms with Crippen molar-refractivity contribution in [3.05, 3.63) is 76.8 Å². The second-order valence-corrected chi connectivity index (χ2v) is 4.18. The number of benzene rings is 2. The third-order valence-corrected chi connectivity index (χ3v) is 3.01. The smallest absolute Gasteiger partial charge is 0.0253 e. The molecule has 0 fully saturated rings. The lowest BCUT2D eigenvalue weighted by atomic mass is 10.00. The van der Waals surface area contributed by atoms with Crippen molar-refractivity contribution in [2.24, 2.45) is 0 Å². The maximum atomic E-state index is 4.13. The fraction of sp³-hybridized carbons (Fsp3) is 0. The van der Waals surface area contributed by atoms with Crippen LogP contribution >= 0.6 is 15.9 Å². The molecule has 0 nitrogen and oxygen atoms in total. The zero-order chi connectivity index (χ0) is 10.7. The van der Waals surface area contributed by atoms with Gasteiger partial charge in [0.05, 0.1) is 0 Å². The first-order chi connectivity index (χ1) is 7.29. The molecule has 0 N–H and O–H groups in total. The van der Waals surface area contributed by atoms with E-state index in [2.05, 4.69) is 40.7 Å². The van der Waals surface area contributed by atoms with Crippen LogP contribution in [0.1, 0.15) is 11.1 Å². The van der Waals surface area contributed by atoms with E-state index < -0.39 is 0 Å². The van der Waals surface area contributed by atoms with Crippen LogP contribution in [0.5, 0.6) is 0 Å². The first-order valence-electron chi connectivity index (χ1n) is 4.78. The Hall–Kier alpha value is -1.34. The molecule has 0 heterocycles. The van der Waals surface area contributed by atoms with Crippen molar-refractivity contribution < 1.29 is 0 Å². The zero-order valence-corrected chi connectivity index (χ0v) is 9.87. The standard InChI is InChI=1S/C14H11Br/c1-11(12-7-3-2-4-8-12)13-9-5-6-10-14(13)15/h2-10H,1H2. The van der Waals surface area contributed by atoms with Gasteiger partial charge in [-0.15, -0.1) is 0 Å². The van der Waals surface area contributed by atoms with Crippen LogP contribution in [-0.4, -0.2) is 0 Å². The lowest BCUT2D eigenvalue weighted by Gasteiger charge is -2.07.